The van der Waals surface area contributed by atoms with Crippen LogP contribution in [-0.2, 0) is 11.2 Å². The highest BCUT2D eigenvalue weighted by molar-refractivity contribution is 5.78. The summed E-state index contributed by atoms with van der Waals surface area (Å²) >= 11 is 0. The predicted octanol–water partition coefficient (Wildman–Crippen LogP) is 1.15. The molecule has 0 aromatic carbocycles. The van der Waals surface area contributed by atoms with E-state index in [1.165, 1.54) is 0 Å². The number of carbonyl (C=O) groups is 1. The molecule has 4 heteroatoms. The van der Waals surface area contributed by atoms with Gasteiger partial charge in [0, 0.05) is 18.9 Å². The van der Waals surface area contributed by atoms with E-state index >= 15 is 0 Å². The van der Waals surface area contributed by atoms with Crippen LogP contribution in [0.4, 0.5) is 0 Å². The van der Waals surface area contributed by atoms with Crippen molar-refractivity contribution in [1.29, 1.82) is 0 Å². The van der Waals surface area contributed by atoms with Crippen molar-refractivity contribution in [2.75, 3.05) is 6.54 Å². The van der Waals surface area contributed by atoms with Gasteiger partial charge in [-0.15, -0.1) is 0 Å². The summed E-state index contributed by atoms with van der Waals surface area (Å²) in [6.07, 6.45) is 3.90. The quantitative estimate of drug-likeness (QED) is 0.778. The number of pyridine rings is 1. The average molecular weight is 236 g/mol. The van der Waals surface area contributed by atoms with Crippen molar-refractivity contribution in [1.82, 2.24) is 10.3 Å². The fourth-order valence-corrected chi connectivity index (χ4v) is 1.61. The van der Waals surface area contributed by atoms with Gasteiger partial charge in [-0.25, -0.2) is 0 Å². The molecule has 1 rings (SSSR count). The van der Waals surface area contributed by atoms with Gasteiger partial charge in [-0.05, 0) is 30.0 Å². The molecule has 0 aliphatic carbocycles. The Kier molecular flexibility index (Phi) is 5.63. The van der Waals surface area contributed by atoms with Crippen molar-refractivity contribution in [3.05, 3.63) is 30.1 Å². The summed E-state index contributed by atoms with van der Waals surface area (Å²) < 4.78 is 0. The molecule has 94 valence electrons. The van der Waals surface area contributed by atoms with Crippen molar-refractivity contribution in [2.24, 2.45) is 5.92 Å². The lowest BCUT2D eigenvalue weighted by atomic mass is 10.1. The number of nitrogens with zero attached hydrogens (tertiary/aromatic N) is 1. The first-order valence-corrected chi connectivity index (χ1v) is 5.91. The van der Waals surface area contributed by atoms with Crippen molar-refractivity contribution >= 4 is 5.91 Å². The molecule has 0 fully saturated rings. The van der Waals surface area contributed by atoms with Gasteiger partial charge in [0.1, 0.15) is 0 Å². The van der Waals surface area contributed by atoms with Crippen LogP contribution < -0.4 is 5.32 Å². The Balaban J connectivity index is 2.26. The third kappa shape index (κ3) is 6.02. The second kappa shape index (κ2) is 7.01. The Morgan fingerprint density at radius 1 is 1.41 bits per heavy atom. The zero-order valence-corrected chi connectivity index (χ0v) is 10.4. The van der Waals surface area contributed by atoms with E-state index in [9.17, 15) is 9.90 Å². The predicted molar refractivity (Wildman–Crippen MR) is 66.4 cm³/mol. The standard InChI is InChI=1S/C13H20N2O2/c1-10(2)7-12(16)9-15-13(17)8-11-3-5-14-6-4-11/h3-6,10,12,16H,7-9H2,1-2H3,(H,15,17). The van der Waals surface area contributed by atoms with Crippen molar-refractivity contribution < 1.29 is 9.90 Å². The Morgan fingerprint density at radius 2 is 2.06 bits per heavy atom. The second-order valence-corrected chi connectivity index (χ2v) is 4.62. The summed E-state index contributed by atoms with van der Waals surface area (Å²) in [6, 6.07) is 3.62. The number of carbonyl (C=O) groups excluding carboxylic acids is 1. The van der Waals surface area contributed by atoms with Crippen LogP contribution in [0.2, 0.25) is 0 Å². The molecule has 0 radical (unpaired) electrons. The number of rotatable bonds is 6. The van der Waals surface area contributed by atoms with E-state index in [1.807, 2.05) is 26.0 Å². The first kappa shape index (κ1) is 13.6. The van der Waals surface area contributed by atoms with E-state index in [2.05, 4.69) is 10.3 Å². The molecule has 0 saturated heterocycles. The molecule has 1 aromatic rings. The minimum Gasteiger partial charge on any atom is -0.391 e. The van der Waals surface area contributed by atoms with Crippen LogP contribution >= 0.6 is 0 Å². The molecule has 2 N–H and O–H groups in total. The van der Waals surface area contributed by atoms with E-state index in [4.69, 9.17) is 0 Å². The first-order valence-electron chi connectivity index (χ1n) is 5.91. The zero-order valence-electron chi connectivity index (χ0n) is 10.4. The Morgan fingerprint density at radius 3 is 2.65 bits per heavy atom. The molecule has 1 unspecified atom stereocenters. The number of aliphatic hydroxyl groups excluding tert-OH is 1. The molecule has 1 amide bonds. The van der Waals surface area contributed by atoms with Crippen LogP contribution in [0.15, 0.2) is 24.5 Å². The maximum atomic E-state index is 11.6. The molecule has 1 heterocycles. The highest BCUT2D eigenvalue weighted by Crippen LogP contribution is 2.03. The number of hydrogen-bond acceptors (Lipinski definition) is 3. The van der Waals surface area contributed by atoms with Crippen LogP contribution in [0, 0.1) is 5.92 Å². The van der Waals surface area contributed by atoms with Crippen molar-refractivity contribution in [2.45, 2.75) is 32.8 Å². The van der Waals surface area contributed by atoms with Crippen LogP contribution in [0.5, 0.6) is 0 Å². The normalized spacial score (nSPS) is 12.5. The maximum Gasteiger partial charge on any atom is 0.224 e. The minimum absolute atomic E-state index is 0.0704. The van der Waals surface area contributed by atoms with Crippen LogP contribution in [0.25, 0.3) is 0 Å². The Labute approximate surface area is 102 Å². The Hall–Kier alpha value is -1.42. The van der Waals surface area contributed by atoms with Gasteiger partial charge in [-0.3, -0.25) is 9.78 Å². The van der Waals surface area contributed by atoms with Gasteiger partial charge in [0.05, 0.1) is 12.5 Å². The van der Waals surface area contributed by atoms with E-state index in [1.54, 1.807) is 12.4 Å². The lowest BCUT2D eigenvalue weighted by molar-refractivity contribution is -0.120. The molecular formula is C13H20N2O2. The minimum atomic E-state index is -0.462. The third-order valence-corrected chi connectivity index (χ3v) is 2.39. The van der Waals surface area contributed by atoms with E-state index in [0.29, 0.717) is 25.3 Å². The Bertz CT molecular complexity index is 339. The largest absolute Gasteiger partial charge is 0.391 e. The molecule has 17 heavy (non-hydrogen) atoms. The lowest BCUT2D eigenvalue weighted by Gasteiger charge is -2.13. The van der Waals surface area contributed by atoms with Gasteiger partial charge in [0.2, 0.25) is 5.91 Å². The van der Waals surface area contributed by atoms with Crippen molar-refractivity contribution in [3.8, 4) is 0 Å². The van der Waals surface area contributed by atoms with Gasteiger partial charge in [-0.2, -0.15) is 0 Å². The van der Waals surface area contributed by atoms with Gasteiger partial charge >= 0.3 is 0 Å². The highest BCUT2D eigenvalue weighted by atomic mass is 16.3. The smallest absolute Gasteiger partial charge is 0.224 e. The van der Waals surface area contributed by atoms with Crippen LogP contribution in [0.3, 0.4) is 0 Å². The number of aliphatic hydroxyl groups is 1. The number of nitrogens with one attached hydrogen (secondary N) is 1. The SMILES string of the molecule is CC(C)CC(O)CNC(=O)Cc1ccncc1. The monoisotopic (exact) mass is 236 g/mol. The molecule has 1 atom stereocenters. The fraction of sp³-hybridized carbons (Fsp3) is 0.538. The third-order valence-electron chi connectivity index (χ3n) is 2.39. The summed E-state index contributed by atoms with van der Waals surface area (Å²) in [6.45, 7) is 4.41. The second-order valence-electron chi connectivity index (χ2n) is 4.62. The summed E-state index contributed by atoms with van der Waals surface area (Å²) in [5, 5.41) is 12.3. The molecule has 1 aromatic heterocycles. The van der Waals surface area contributed by atoms with E-state index in [-0.39, 0.29) is 5.91 Å². The highest BCUT2D eigenvalue weighted by Gasteiger charge is 2.09. The van der Waals surface area contributed by atoms with E-state index in [0.717, 1.165) is 5.56 Å². The van der Waals surface area contributed by atoms with Gasteiger partial charge in [-0.1, -0.05) is 13.8 Å². The lowest BCUT2D eigenvalue weighted by Crippen LogP contribution is -2.33. The van der Waals surface area contributed by atoms with Crippen LogP contribution in [0.1, 0.15) is 25.8 Å². The summed E-state index contributed by atoms with van der Waals surface area (Å²) in [5.41, 5.74) is 0.927. The van der Waals surface area contributed by atoms with Gasteiger partial charge in [0.25, 0.3) is 0 Å². The number of aromatic nitrogens is 1. The van der Waals surface area contributed by atoms with Gasteiger partial charge in [0.15, 0.2) is 0 Å². The van der Waals surface area contributed by atoms with E-state index < -0.39 is 6.10 Å². The number of amides is 1. The fourth-order valence-electron chi connectivity index (χ4n) is 1.61. The first-order chi connectivity index (χ1) is 8.08. The molecule has 4 nitrogen and oxygen atoms in total. The molecule has 0 bridgehead atoms. The molecular weight excluding hydrogens is 216 g/mol. The van der Waals surface area contributed by atoms with Gasteiger partial charge < -0.3 is 10.4 Å². The summed E-state index contributed by atoms with van der Waals surface area (Å²) in [7, 11) is 0. The molecule has 0 saturated carbocycles. The molecule has 0 spiro atoms. The summed E-state index contributed by atoms with van der Waals surface area (Å²) in [5.74, 6) is 0.362. The molecule has 0 aliphatic heterocycles. The summed E-state index contributed by atoms with van der Waals surface area (Å²) in [4.78, 5) is 15.4. The topological polar surface area (TPSA) is 62.2 Å². The molecule has 0 aliphatic rings. The maximum absolute atomic E-state index is 11.6. The average Bonchev–Trinajstić information content (AvgIpc) is 2.27. The van der Waals surface area contributed by atoms with Crippen molar-refractivity contribution in [3.63, 3.8) is 0 Å². The zero-order chi connectivity index (χ0) is 12.7. The van der Waals surface area contributed by atoms with Crippen LogP contribution in [-0.4, -0.2) is 28.6 Å². The number of hydrogen-bond donors (Lipinski definition) is 2.